The summed E-state index contributed by atoms with van der Waals surface area (Å²) in [5.74, 6) is 0.729. The lowest BCUT2D eigenvalue weighted by atomic mass is 9.99. The topological polar surface area (TPSA) is 91.9 Å². The van der Waals surface area contributed by atoms with Gasteiger partial charge < -0.3 is 24.3 Å². The Bertz CT molecular complexity index is 1310. The van der Waals surface area contributed by atoms with Crippen LogP contribution in [0, 0.1) is 0 Å². The van der Waals surface area contributed by atoms with Crippen LogP contribution in [0.3, 0.4) is 0 Å². The van der Waals surface area contributed by atoms with Gasteiger partial charge in [-0.05, 0) is 29.8 Å². The lowest BCUT2D eigenvalue weighted by Crippen LogP contribution is -2.53. The van der Waals surface area contributed by atoms with Gasteiger partial charge >= 0.3 is 0 Å². The molecule has 0 aliphatic carbocycles. The monoisotopic (exact) mass is 403 g/mol. The summed E-state index contributed by atoms with van der Waals surface area (Å²) in [6.07, 6.45) is 0. The van der Waals surface area contributed by atoms with E-state index >= 15 is 0 Å². The van der Waals surface area contributed by atoms with Crippen molar-refractivity contribution in [3.8, 4) is 11.5 Å². The summed E-state index contributed by atoms with van der Waals surface area (Å²) in [6, 6.07) is 11.1. The lowest BCUT2D eigenvalue weighted by molar-refractivity contribution is -0.155. The average molecular weight is 403 g/mol. The Morgan fingerprint density at radius 1 is 1.00 bits per heavy atom. The van der Waals surface area contributed by atoms with Gasteiger partial charge in [0.05, 0.1) is 23.8 Å². The first kappa shape index (κ1) is 17.1. The van der Waals surface area contributed by atoms with Crippen LogP contribution in [0.5, 0.6) is 11.5 Å². The van der Waals surface area contributed by atoms with Crippen LogP contribution in [0.25, 0.3) is 10.9 Å². The van der Waals surface area contributed by atoms with Crippen LogP contribution in [0.1, 0.15) is 28.9 Å². The minimum Gasteiger partial charge on any atom is -0.454 e. The quantitative estimate of drug-likeness (QED) is 0.668. The molecule has 0 spiro atoms. The van der Waals surface area contributed by atoms with E-state index in [0.717, 1.165) is 5.56 Å². The van der Waals surface area contributed by atoms with E-state index in [0.29, 0.717) is 33.7 Å². The SMILES string of the molecule is CN1CC(=O)N2C(C1=O)c1c([nH]c3ccccc3c1=O)[C@H]2c1ccc2c(c1)OCO2. The maximum Gasteiger partial charge on any atom is 0.250 e. The van der Waals surface area contributed by atoms with Gasteiger partial charge in [0.25, 0.3) is 0 Å². The number of fused-ring (bicyclic) bond motifs is 5. The van der Waals surface area contributed by atoms with Gasteiger partial charge in [-0.3, -0.25) is 14.4 Å². The normalized spacial score (nSPS) is 21.9. The van der Waals surface area contributed by atoms with Gasteiger partial charge in [0.15, 0.2) is 16.9 Å². The Labute approximate surface area is 170 Å². The number of nitrogens with zero attached hydrogens (tertiary/aromatic N) is 2. The first-order valence-electron chi connectivity index (χ1n) is 9.65. The predicted octanol–water partition coefficient (Wildman–Crippen LogP) is 1.70. The van der Waals surface area contributed by atoms with Gasteiger partial charge in [-0.25, -0.2) is 0 Å². The number of nitrogens with one attached hydrogen (secondary N) is 1. The van der Waals surface area contributed by atoms with E-state index in [1.54, 1.807) is 25.2 Å². The largest absolute Gasteiger partial charge is 0.454 e. The summed E-state index contributed by atoms with van der Waals surface area (Å²) >= 11 is 0. The zero-order chi connectivity index (χ0) is 20.6. The van der Waals surface area contributed by atoms with Crippen molar-refractivity contribution in [3.05, 3.63) is 69.5 Å². The number of H-pyrrole nitrogens is 1. The number of ether oxygens (including phenoxy) is 2. The molecule has 2 atom stereocenters. The molecule has 0 radical (unpaired) electrons. The molecule has 1 aromatic heterocycles. The third kappa shape index (κ3) is 2.13. The molecule has 6 rings (SSSR count). The van der Waals surface area contributed by atoms with E-state index in [1.165, 1.54) is 9.80 Å². The number of hydrogen-bond donors (Lipinski definition) is 1. The smallest absolute Gasteiger partial charge is 0.250 e. The average Bonchev–Trinajstić information content (AvgIpc) is 3.34. The molecule has 2 aromatic carbocycles. The van der Waals surface area contributed by atoms with Crippen molar-refractivity contribution >= 4 is 22.7 Å². The third-order valence-electron chi connectivity index (χ3n) is 6.06. The first-order valence-corrected chi connectivity index (χ1v) is 9.65. The fourth-order valence-corrected chi connectivity index (χ4v) is 4.70. The van der Waals surface area contributed by atoms with Crippen LogP contribution in [-0.2, 0) is 9.59 Å². The fourth-order valence-electron chi connectivity index (χ4n) is 4.70. The van der Waals surface area contributed by atoms with Gasteiger partial charge in [0.1, 0.15) is 6.04 Å². The molecule has 8 nitrogen and oxygen atoms in total. The lowest BCUT2D eigenvalue weighted by Gasteiger charge is -2.37. The number of carbonyl (C=O) groups excluding carboxylic acids is 2. The summed E-state index contributed by atoms with van der Waals surface area (Å²) < 4.78 is 10.9. The van der Waals surface area contributed by atoms with Crippen molar-refractivity contribution in [1.82, 2.24) is 14.8 Å². The van der Waals surface area contributed by atoms with E-state index in [1.807, 2.05) is 24.3 Å². The number of carbonyl (C=O) groups is 2. The summed E-state index contributed by atoms with van der Waals surface area (Å²) in [6.45, 7) is 0.105. The second kappa shape index (κ2) is 5.85. The second-order valence-electron chi connectivity index (χ2n) is 7.74. The maximum atomic E-state index is 13.4. The molecular formula is C22H17N3O5. The molecule has 30 heavy (non-hydrogen) atoms. The van der Waals surface area contributed by atoms with Crippen molar-refractivity contribution < 1.29 is 19.1 Å². The zero-order valence-electron chi connectivity index (χ0n) is 16.0. The summed E-state index contributed by atoms with van der Waals surface area (Å²) in [7, 11) is 1.58. The molecule has 3 aliphatic rings. The van der Waals surface area contributed by atoms with E-state index in [4.69, 9.17) is 9.47 Å². The van der Waals surface area contributed by atoms with Crippen molar-refractivity contribution in [1.29, 1.82) is 0 Å². The van der Waals surface area contributed by atoms with E-state index in [9.17, 15) is 14.4 Å². The minimum atomic E-state index is -0.949. The highest BCUT2D eigenvalue weighted by molar-refractivity contribution is 5.98. The number of rotatable bonds is 1. The van der Waals surface area contributed by atoms with Crippen LogP contribution in [-0.4, -0.2) is 47.0 Å². The van der Waals surface area contributed by atoms with Crippen LogP contribution in [0.2, 0.25) is 0 Å². The van der Waals surface area contributed by atoms with Crippen LogP contribution >= 0.6 is 0 Å². The molecular weight excluding hydrogens is 386 g/mol. The predicted molar refractivity (Wildman–Crippen MR) is 106 cm³/mol. The van der Waals surface area contributed by atoms with Crippen molar-refractivity contribution in [3.63, 3.8) is 0 Å². The Morgan fingerprint density at radius 2 is 1.80 bits per heavy atom. The molecule has 2 amide bonds. The molecule has 4 heterocycles. The molecule has 0 saturated carbocycles. The standard InChI is InChI=1S/C22H17N3O5/c1-24-9-16(26)25-19(11-6-7-14-15(8-11)30-10-29-14)18-17(20(25)22(24)28)21(27)12-4-2-3-5-13(12)23-18/h2-8,19-20H,9-10H2,1H3,(H,23,27)/t19-,20?/m1/s1. The van der Waals surface area contributed by atoms with Crippen LogP contribution in [0.4, 0.5) is 0 Å². The first-order chi connectivity index (χ1) is 14.5. The molecule has 3 aromatic rings. The van der Waals surface area contributed by atoms with Gasteiger partial charge in [-0.1, -0.05) is 18.2 Å². The van der Waals surface area contributed by atoms with Crippen molar-refractivity contribution in [2.24, 2.45) is 0 Å². The van der Waals surface area contributed by atoms with Gasteiger partial charge in [0.2, 0.25) is 18.6 Å². The molecule has 150 valence electrons. The van der Waals surface area contributed by atoms with E-state index in [2.05, 4.69) is 4.98 Å². The highest BCUT2D eigenvalue weighted by atomic mass is 16.7. The van der Waals surface area contributed by atoms with Crippen molar-refractivity contribution in [2.45, 2.75) is 12.1 Å². The molecule has 1 unspecified atom stereocenters. The number of aromatic amines is 1. The number of amides is 2. The summed E-state index contributed by atoms with van der Waals surface area (Å²) in [5.41, 5.74) is 2.09. The van der Waals surface area contributed by atoms with Gasteiger partial charge in [-0.15, -0.1) is 0 Å². The Balaban J connectivity index is 1.65. The van der Waals surface area contributed by atoms with E-state index < -0.39 is 12.1 Å². The van der Waals surface area contributed by atoms with Crippen LogP contribution < -0.4 is 14.9 Å². The zero-order valence-corrected chi connectivity index (χ0v) is 16.0. The number of piperazine rings is 1. The van der Waals surface area contributed by atoms with Crippen molar-refractivity contribution in [2.75, 3.05) is 20.4 Å². The Hall–Kier alpha value is -3.81. The molecule has 8 heteroatoms. The number of aromatic nitrogens is 1. The summed E-state index contributed by atoms with van der Waals surface area (Å²) in [4.78, 5) is 45.9. The highest BCUT2D eigenvalue weighted by Gasteiger charge is 2.52. The summed E-state index contributed by atoms with van der Waals surface area (Å²) in [5, 5.41) is 0.496. The Kier molecular flexibility index (Phi) is 3.33. The minimum absolute atomic E-state index is 0.0297. The van der Waals surface area contributed by atoms with E-state index in [-0.39, 0.29) is 30.6 Å². The molecule has 1 N–H and O–H groups in total. The van der Waals surface area contributed by atoms with Gasteiger partial charge in [0, 0.05) is 18.0 Å². The number of likely N-dealkylation sites (N-methyl/N-ethyl adjacent to an activating group) is 1. The number of para-hydroxylation sites is 1. The van der Waals surface area contributed by atoms with Crippen LogP contribution in [0.15, 0.2) is 47.3 Å². The molecule has 0 bridgehead atoms. The number of benzene rings is 2. The number of hydrogen-bond acceptors (Lipinski definition) is 5. The Morgan fingerprint density at radius 3 is 2.67 bits per heavy atom. The molecule has 1 fully saturated rings. The third-order valence-corrected chi connectivity index (χ3v) is 6.06. The highest BCUT2D eigenvalue weighted by Crippen LogP contribution is 2.47. The molecule has 1 saturated heterocycles. The van der Waals surface area contributed by atoms with Gasteiger partial charge in [-0.2, -0.15) is 0 Å². The molecule has 3 aliphatic heterocycles. The maximum absolute atomic E-state index is 13.4. The second-order valence-corrected chi connectivity index (χ2v) is 7.74. The number of pyridine rings is 1. The fraction of sp³-hybridized carbons (Fsp3) is 0.227.